The summed E-state index contributed by atoms with van der Waals surface area (Å²) in [5.74, 6) is 0.145. The Bertz CT molecular complexity index is 713. The molecule has 1 aromatic heterocycles. The fourth-order valence-corrected chi connectivity index (χ4v) is 1.95. The Morgan fingerprint density at radius 1 is 1.12 bits per heavy atom. The molecule has 1 aromatic carbocycles. The molecule has 0 aliphatic heterocycles. The zero-order valence-electron chi connectivity index (χ0n) is 14.0. The summed E-state index contributed by atoms with van der Waals surface area (Å²) in [4.78, 5) is 33.6. The molecule has 7 heteroatoms. The fourth-order valence-electron chi connectivity index (χ4n) is 1.95. The standard InChI is InChI=1S/C17H21N5O2/c1-12(23)13-5-4-6-15(9-13)21-17-19-10-14(11-20-17)16(24)18-7-8-22(2)3/h4-6,9-11H,7-8H2,1-3H3,(H,18,24)(H,19,20,21). The molecule has 7 nitrogen and oxygen atoms in total. The molecule has 126 valence electrons. The maximum atomic E-state index is 11.9. The van der Waals surface area contributed by atoms with Gasteiger partial charge in [0.05, 0.1) is 5.56 Å². The molecule has 0 spiro atoms. The van der Waals surface area contributed by atoms with E-state index in [0.29, 0.717) is 29.3 Å². The number of carbonyl (C=O) groups is 2. The quantitative estimate of drug-likeness (QED) is 0.753. The van der Waals surface area contributed by atoms with Crippen LogP contribution in [-0.2, 0) is 0 Å². The minimum absolute atomic E-state index is 0.00990. The van der Waals surface area contributed by atoms with Gasteiger partial charge in [0, 0.05) is 36.7 Å². The van der Waals surface area contributed by atoms with E-state index >= 15 is 0 Å². The molecular weight excluding hydrogens is 306 g/mol. The van der Waals surface area contributed by atoms with Crippen molar-refractivity contribution in [3.63, 3.8) is 0 Å². The van der Waals surface area contributed by atoms with Gasteiger partial charge in [0.1, 0.15) is 0 Å². The lowest BCUT2D eigenvalue weighted by molar-refractivity contribution is 0.0949. The van der Waals surface area contributed by atoms with Crippen molar-refractivity contribution in [3.8, 4) is 0 Å². The Kier molecular flexibility index (Phi) is 5.97. The van der Waals surface area contributed by atoms with E-state index in [2.05, 4.69) is 20.6 Å². The van der Waals surface area contributed by atoms with E-state index in [1.54, 1.807) is 18.2 Å². The average molecular weight is 327 g/mol. The van der Waals surface area contributed by atoms with E-state index < -0.39 is 0 Å². The smallest absolute Gasteiger partial charge is 0.254 e. The van der Waals surface area contributed by atoms with Crippen molar-refractivity contribution in [2.24, 2.45) is 0 Å². The summed E-state index contributed by atoms with van der Waals surface area (Å²) in [6, 6.07) is 7.08. The molecule has 0 saturated heterocycles. The van der Waals surface area contributed by atoms with E-state index in [1.807, 2.05) is 25.1 Å². The molecule has 0 unspecified atom stereocenters. The zero-order valence-corrected chi connectivity index (χ0v) is 14.0. The predicted octanol–water partition coefficient (Wildman–Crippen LogP) is 1.71. The monoisotopic (exact) mass is 327 g/mol. The number of Topliss-reactive ketones (excluding diaryl/α,β-unsaturated/α-hetero) is 1. The lowest BCUT2D eigenvalue weighted by atomic mass is 10.1. The average Bonchev–Trinajstić information content (AvgIpc) is 2.55. The van der Waals surface area contributed by atoms with Crippen molar-refractivity contribution in [2.75, 3.05) is 32.5 Å². The number of benzene rings is 1. The van der Waals surface area contributed by atoms with Crippen LogP contribution < -0.4 is 10.6 Å². The summed E-state index contributed by atoms with van der Waals surface area (Å²) in [6.45, 7) is 2.84. The Balaban J connectivity index is 1.98. The molecule has 0 saturated carbocycles. The molecule has 0 radical (unpaired) electrons. The number of likely N-dealkylation sites (N-methyl/N-ethyl adjacent to an activating group) is 1. The minimum Gasteiger partial charge on any atom is -0.351 e. The van der Waals surface area contributed by atoms with Crippen LogP contribution >= 0.6 is 0 Å². The Morgan fingerprint density at radius 3 is 2.46 bits per heavy atom. The third kappa shape index (κ3) is 5.13. The summed E-state index contributed by atoms with van der Waals surface area (Å²) < 4.78 is 0. The fraction of sp³-hybridized carbons (Fsp3) is 0.294. The topological polar surface area (TPSA) is 87.2 Å². The molecule has 0 atom stereocenters. The molecule has 2 N–H and O–H groups in total. The number of ketones is 1. The molecular formula is C17H21N5O2. The highest BCUT2D eigenvalue weighted by Crippen LogP contribution is 2.15. The van der Waals surface area contributed by atoms with Crippen molar-refractivity contribution in [1.29, 1.82) is 0 Å². The van der Waals surface area contributed by atoms with Crippen molar-refractivity contribution >= 4 is 23.3 Å². The first-order valence-electron chi connectivity index (χ1n) is 7.58. The van der Waals surface area contributed by atoms with Gasteiger partial charge in [-0.15, -0.1) is 0 Å². The zero-order chi connectivity index (χ0) is 17.5. The van der Waals surface area contributed by atoms with Gasteiger partial charge in [0.25, 0.3) is 5.91 Å². The van der Waals surface area contributed by atoms with Gasteiger partial charge in [-0.2, -0.15) is 0 Å². The van der Waals surface area contributed by atoms with Crippen LogP contribution in [0.3, 0.4) is 0 Å². The second-order valence-electron chi connectivity index (χ2n) is 5.62. The number of hydrogen-bond donors (Lipinski definition) is 2. The third-order valence-electron chi connectivity index (χ3n) is 3.28. The largest absolute Gasteiger partial charge is 0.351 e. The molecule has 24 heavy (non-hydrogen) atoms. The van der Waals surface area contributed by atoms with Crippen LogP contribution in [0.25, 0.3) is 0 Å². The van der Waals surface area contributed by atoms with Crippen LogP contribution in [0.4, 0.5) is 11.6 Å². The molecule has 2 aromatic rings. The first-order chi connectivity index (χ1) is 11.5. The lowest BCUT2D eigenvalue weighted by Crippen LogP contribution is -2.31. The van der Waals surface area contributed by atoms with Gasteiger partial charge < -0.3 is 15.5 Å². The minimum atomic E-state index is -0.207. The van der Waals surface area contributed by atoms with Gasteiger partial charge in [-0.05, 0) is 33.2 Å². The summed E-state index contributed by atoms with van der Waals surface area (Å²) in [5, 5.41) is 5.81. The normalized spacial score (nSPS) is 10.5. The number of nitrogens with zero attached hydrogens (tertiary/aromatic N) is 3. The van der Waals surface area contributed by atoms with Crippen LogP contribution in [0, 0.1) is 0 Å². The van der Waals surface area contributed by atoms with Crippen LogP contribution in [0.5, 0.6) is 0 Å². The first-order valence-corrected chi connectivity index (χ1v) is 7.58. The summed E-state index contributed by atoms with van der Waals surface area (Å²) in [5.41, 5.74) is 1.72. The van der Waals surface area contributed by atoms with Gasteiger partial charge in [0.15, 0.2) is 5.78 Å². The highest BCUT2D eigenvalue weighted by Gasteiger charge is 2.07. The van der Waals surface area contributed by atoms with Crippen LogP contribution in [0.2, 0.25) is 0 Å². The highest BCUT2D eigenvalue weighted by molar-refractivity contribution is 5.95. The van der Waals surface area contributed by atoms with Crippen molar-refractivity contribution < 1.29 is 9.59 Å². The van der Waals surface area contributed by atoms with Crippen LogP contribution in [-0.4, -0.2) is 53.7 Å². The predicted molar refractivity (Wildman–Crippen MR) is 92.6 cm³/mol. The van der Waals surface area contributed by atoms with Crippen LogP contribution in [0.1, 0.15) is 27.6 Å². The number of hydrogen-bond acceptors (Lipinski definition) is 6. The number of amides is 1. The molecule has 0 fully saturated rings. The first kappa shape index (κ1) is 17.6. The Morgan fingerprint density at radius 2 is 1.83 bits per heavy atom. The maximum absolute atomic E-state index is 11.9. The Labute approximate surface area is 141 Å². The molecule has 2 rings (SSSR count). The van der Waals surface area contributed by atoms with Crippen molar-refractivity contribution in [2.45, 2.75) is 6.92 Å². The molecule has 0 bridgehead atoms. The van der Waals surface area contributed by atoms with E-state index in [0.717, 1.165) is 6.54 Å². The summed E-state index contributed by atoms with van der Waals surface area (Å²) >= 11 is 0. The maximum Gasteiger partial charge on any atom is 0.254 e. The van der Waals surface area contributed by atoms with Crippen molar-refractivity contribution in [3.05, 3.63) is 47.8 Å². The second kappa shape index (κ2) is 8.16. The third-order valence-corrected chi connectivity index (χ3v) is 3.28. The summed E-state index contributed by atoms with van der Waals surface area (Å²) in [6.07, 6.45) is 2.93. The number of rotatable bonds is 7. The number of nitrogens with one attached hydrogen (secondary N) is 2. The highest BCUT2D eigenvalue weighted by atomic mass is 16.1. The summed E-state index contributed by atoms with van der Waals surface area (Å²) in [7, 11) is 3.88. The SMILES string of the molecule is CC(=O)c1cccc(Nc2ncc(C(=O)NCCN(C)C)cn2)c1. The second-order valence-corrected chi connectivity index (χ2v) is 5.62. The van der Waals surface area contributed by atoms with E-state index in [1.165, 1.54) is 19.3 Å². The van der Waals surface area contributed by atoms with Gasteiger partial charge in [0.2, 0.25) is 5.95 Å². The van der Waals surface area contributed by atoms with Gasteiger partial charge in [-0.25, -0.2) is 9.97 Å². The van der Waals surface area contributed by atoms with Gasteiger partial charge in [-0.1, -0.05) is 12.1 Å². The van der Waals surface area contributed by atoms with Crippen LogP contribution in [0.15, 0.2) is 36.7 Å². The number of carbonyl (C=O) groups excluding carboxylic acids is 2. The van der Waals surface area contributed by atoms with Crippen molar-refractivity contribution in [1.82, 2.24) is 20.2 Å². The van der Waals surface area contributed by atoms with Gasteiger partial charge >= 0.3 is 0 Å². The molecule has 1 heterocycles. The van der Waals surface area contributed by atoms with Gasteiger partial charge in [-0.3, -0.25) is 9.59 Å². The Hall–Kier alpha value is -2.80. The van der Waals surface area contributed by atoms with E-state index in [-0.39, 0.29) is 11.7 Å². The molecule has 0 aliphatic rings. The number of aromatic nitrogens is 2. The van der Waals surface area contributed by atoms with E-state index in [9.17, 15) is 9.59 Å². The molecule has 0 aliphatic carbocycles. The number of anilines is 2. The lowest BCUT2D eigenvalue weighted by Gasteiger charge is -2.10. The van der Waals surface area contributed by atoms with E-state index in [4.69, 9.17) is 0 Å². The molecule has 1 amide bonds.